The molecule has 0 radical (unpaired) electrons. The number of hydrogen-bond acceptors (Lipinski definition) is 3. The molecule has 24 heavy (non-hydrogen) atoms. The molecule has 1 heterocycles. The first kappa shape index (κ1) is 17.8. The number of carbonyl (C=O) groups excluding carboxylic acids is 1. The van der Waals surface area contributed by atoms with Crippen molar-refractivity contribution in [3.8, 4) is 5.75 Å². The predicted molar refractivity (Wildman–Crippen MR) is 95.5 cm³/mol. The lowest BCUT2D eigenvalue weighted by Crippen LogP contribution is -2.37. The fourth-order valence-electron chi connectivity index (χ4n) is 2.31. The third-order valence-electron chi connectivity index (χ3n) is 3.20. The summed E-state index contributed by atoms with van der Waals surface area (Å²) in [6.45, 7) is 9.81. The second-order valence-electron chi connectivity index (χ2n) is 6.96. The van der Waals surface area contributed by atoms with E-state index in [2.05, 4.69) is 20.8 Å². The first-order chi connectivity index (χ1) is 11.2. The first-order valence-electron chi connectivity index (χ1n) is 8.09. The molecule has 2 aromatic rings. The number of H-pyrrole nitrogens is 1. The summed E-state index contributed by atoms with van der Waals surface area (Å²) in [6, 6.07) is 9.08. The Hall–Kier alpha value is -2.50. The molecule has 0 aliphatic rings. The molecule has 1 aromatic heterocycles. The number of aromatic nitrogens is 2. The summed E-state index contributed by atoms with van der Waals surface area (Å²) in [7, 11) is 0. The average Bonchev–Trinajstić information content (AvgIpc) is 2.84. The molecule has 0 saturated carbocycles. The van der Waals surface area contributed by atoms with Gasteiger partial charge in [-0.05, 0) is 52.8 Å². The number of hydrogen-bond donors (Lipinski definition) is 3. The van der Waals surface area contributed by atoms with E-state index in [9.17, 15) is 4.79 Å². The summed E-state index contributed by atoms with van der Waals surface area (Å²) in [5, 5.41) is 12.9. The Labute approximate surface area is 143 Å². The van der Waals surface area contributed by atoms with Gasteiger partial charge in [0.05, 0.1) is 11.4 Å². The Balaban J connectivity index is 1.94. The van der Waals surface area contributed by atoms with E-state index in [0.717, 1.165) is 11.4 Å². The summed E-state index contributed by atoms with van der Waals surface area (Å²) in [5.41, 5.74) is 2.25. The summed E-state index contributed by atoms with van der Waals surface area (Å²) in [5.74, 6) is 0.649. The van der Waals surface area contributed by atoms with Crippen molar-refractivity contribution in [2.75, 3.05) is 5.32 Å². The number of anilines is 1. The second kappa shape index (κ2) is 7.38. The lowest BCUT2D eigenvalue weighted by atomic mass is 10.2. The first-order valence-corrected chi connectivity index (χ1v) is 8.09. The molecule has 1 atom stereocenters. The molecule has 0 saturated heterocycles. The zero-order valence-electron chi connectivity index (χ0n) is 14.9. The highest BCUT2D eigenvalue weighted by molar-refractivity contribution is 5.91. The van der Waals surface area contributed by atoms with Gasteiger partial charge in [0.25, 0.3) is 0 Å². The zero-order valence-corrected chi connectivity index (χ0v) is 14.9. The van der Waals surface area contributed by atoms with E-state index in [1.54, 1.807) is 0 Å². The molecule has 3 N–H and O–H groups in total. The molecule has 0 bridgehead atoms. The topological polar surface area (TPSA) is 79.0 Å². The van der Waals surface area contributed by atoms with E-state index >= 15 is 0 Å². The van der Waals surface area contributed by atoms with Crippen LogP contribution < -0.4 is 15.4 Å². The van der Waals surface area contributed by atoms with Crippen LogP contribution in [0.15, 0.2) is 30.3 Å². The van der Waals surface area contributed by atoms with Crippen LogP contribution in [-0.2, 0) is 6.42 Å². The second-order valence-corrected chi connectivity index (χ2v) is 6.96. The van der Waals surface area contributed by atoms with Crippen LogP contribution in [0.3, 0.4) is 0 Å². The largest absolute Gasteiger partial charge is 0.486 e. The van der Waals surface area contributed by atoms with Crippen molar-refractivity contribution in [2.24, 2.45) is 0 Å². The van der Waals surface area contributed by atoms with Crippen LogP contribution in [0.4, 0.5) is 10.5 Å². The van der Waals surface area contributed by atoms with Crippen molar-refractivity contribution in [3.05, 3.63) is 41.7 Å². The van der Waals surface area contributed by atoms with Gasteiger partial charge in [-0.25, -0.2) is 4.79 Å². The van der Waals surface area contributed by atoms with Crippen LogP contribution in [0.2, 0.25) is 0 Å². The van der Waals surface area contributed by atoms with E-state index in [0.29, 0.717) is 17.9 Å². The van der Waals surface area contributed by atoms with Gasteiger partial charge in [-0.1, -0.05) is 12.1 Å². The summed E-state index contributed by atoms with van der Waals surface area (Å²) in [6.07, 6.45) is 0.665. The molecule has 2 rings (SSSR count). The van der Waals surface area contributed by atoms with Crippen molar-refractivity contribution < 1.29 is 9.53 Å². The standard InChI is InChI=1S/C18H26N4O2/c1-12(10-14-11-13(2)21-22-14)19-17(23)20-15-8-6-7-9-16(15)24-18(3,4)5/h6-9,11-12H,10H2,1-5H3,(H,21,22)(H2,19,20,23)/t12-/m1/s1. The number of nitrogens with one attached hydrogen (secondary N) is 3. The van der Waals surface area contributed by atoms with Crippen LogP contribution in [0.25, 0.3) is 0 Å². The third kappa shape index (κ3) is 5.61. The van der Waals surface area contributed by atoms with Gasteiger partial charge in [-0.15, -0.1) is 0 Å². The van der Waals surface area contributed by atoms with Crippen molar-refractivity contribution in [3.63, 3.8) is 0 Å². The minimum Gasteiger partial charge on any atom is -0.486 e. The number of urea groups is 1. The molecule has 6 heteroatoms. The van der Waals surface area contributed by atoms with E-state index in [1.807, 2.05) is 65.0 Å². The lowest BCUT2D eigenvalue weighted by molar-refractivity contribution is 0.132. The molecule has 0 fully saturated rings. The minimum absolute atomic E-state index is 0.0385. The quantitative estimate of drug-likeness (QED) is 0.783. The summed E-state index contributed by atoms with van der Waals surface area (Å²) in [4.78, 5) is 12.2. The van der Waals surface area contributed by atoms with E-state index in [-0.39, 0.29) is 17.7 Å². The monoisotopic (exact) mass is 330 g/mol. The Morgan fingerprint density at radius 2 is 2.04 bits per heavy atom. The molecular formula is C18H26N4O2. The smallest absolute Gasteiger partial charge is 0.319 e. The number of aryl methyl sites for hydroxylation is 1. The third-order valence-corrected chi connectivity index (χ3v) is 3.20. The number of ether oxygens (including phenoxy) is 1. The van der Waals surface area contributed by atoms with Gasteiger partial charge in [0, 0.05) is 18.2 Å². The van der Waals surface area contributed by atoms with E-state index in [1.165, 1.54) is 0 Å². The van der Waals surface area contributed by atoms with Crippen LogP contribution in [0.5, 0.6) is 5.75 Å². The SMILES string of the molecule is Cc1cc(C[C@@H](C)NC(=O)Nc2ccccc2OC(C)(C)C)n[nH]1. The summed E-state index contributed by atoms with van der Waals surface area (Å²) >= 11 is 0. The number of para-hydroxylation sites is 2. The Bertz CT molecular complexity index is 688. The predicted octanol–water partition coefficient (Wildman–Crippen LogP) is 3.65. The van der Waals surface area contributed by atoms with Gasteiger partial charge in [-0.2, -0.15) is 5.10 Å². The van der Waals surface area contributed by atoms with Crippen LogP contribution >= 0.6 is 0 Å². The maximum atomic E-state index is 12.2. The van der Waals surface area contributed by atoms with Crippen LogP contribution in [0.1, 0.15) is 39.1 Å². The highest BCUT2D eigenvalue weighted by Crippen LogP contribution is 2.27. The molecule has 130 valence electrons. The summed E-state index contributed by atoms with van der Waals surface area (Å²) < 4.78 is 5.88. The highest BCUT2D eigenvalue weighted by Gasteiger charge is 2.16. The van der Waals surface area contributed by atoms with E-state index in [4.69, 9.17) is 4.74 Å². The highest BCUT2D eigenvalue weighted by atomic mass is 16.5. The van der Waals surface area contributed by atoms with E-state index < -0.39 is 0 Å². The Morgan fingerprint density at radius 1 is 1.33 bits per heavy atom. The molecule has 1 aromatic carbocycles. The molecule has 0 aliphatic heterocycles. The van der Waals surface area contributed by atoms with Gasteiger partial charge >= 0.3 is 6.03 Å². The van der Waals surface area contributed by atoms with Gasteiger partial charge in [0.1, 0.15) is 11.4 Å². The van der Waals surface area contributed by atoms with Crippen molar-refractivity contribution >= 4 is 11.7 Å². The molecule has 0 spiro atoms. The van der Waals surface area contributed by atoms with Crippen molar-refractivity contribution in [2.45, 2.75) is 52.7 Å². The normalized spacial score (nSPS) is 12.5. The van der Waals surface area contributed by atoms with Crippen LogP contribution in [-0.4, -0.2) is 27.9 Å². The lowest BCUT2D eigenvalue weighted by Gasteiger charge is -2.23. The fraction of sp³-hybridized carbons (Fsp3) is 0.444. The Morgan fingerprint density at radius 3 is 2.67 bits per heavy atom. The number of nitrogens with zero attached hydrogens (tertiary/aromatic N) is 1. The molecule has 0 aliphatic carbocycles. The average molecular weight is 330 g/mol. The Kier molecular flexibility index (Phi) is 5.49. The number of rotatable bonds is 5. The molecular weight excluding hydrogens is 304 g/mol. The zero-order chi connectivity index (χ0) is 17.7. The van der Waals surface area contributed by atoms with Gasteiger partial charge in [0.15, 0.2) is 0 Å². The molecule has 6 nitrogen and oxygen atoms in total. The minimum atomic E-state index is -0.334. The number of carbonyl (C=O) groups is 1. The maximum absolute atomic E-state index is 12.2. The molecule has 0 unspecified atom stereocenters. The number of amides is 2. The fourth-order valence-corrected chi connectivity index (χ4v) is 2.31. The maximum Gasteiger partial charge on any atom is 0.319 e. The van der Waals surface area contributed by atoms with Gasteiger partial charge in [0.2, 0.25) is 0 Å². The van der Waals surface area contributed by atoms with Crippen molar-refractivity contribution in [1.29, 1.82) is 0 Å². The van der Waals surface area contributed by atoms with Crippen molar-refractivity contribution in [1.82, 2.24) is 15.5 Å². The number of aromatic amines is 1. The van der Waals surface area contributed by atoms with Crippen LogP contribution in [0, 0.1) is 6.92 Å². The molecule has 2 amide bonds. The van der Waals surface area contributed by atoms with Gasteiger partial charge in [-0.3, -0.25) is 5.10 Å². The number of benzene rings is 1. The van der Waals surface area contributed by atoms with Gasteiger partial charge < -0.3 is 15.4 Å².